The van der Waals surface area contributed by atoms with Crippen molar-refractivity contribution in [3.63, 3.8) is 0 Å². The third-order valence-corrected chi connectivity index (χ3v) is 2.56. The van der Waals surface area contributed by atoms with Gasteiger partial charge in [0.15, 0.2) is 0 Å². The third-order valence-electron chi connectivity index (χ3n) is 2.56. The lowest BCUT2D eigenvalue weighted by atomic mass is 10.2. The van der Waals surface area contributed by atoms with Gasteiger partial charge in [-0.15, -0.1) is 0 Å². The minimum Gasteiger partial charge on any atom is -0.370 e. The molecule has 6 nitrogen and oxygen atoms in total. The molecule has 19 heavy (non-hydrogen) atoms. The van der Waals surface area contributed by atoms with Gasteiger partial charge in [0.1, 0.15) is 29.4 Å². The second-order valence-electron chi connectivity index (χ2n) is 4.53. The highest BCUT2D eigenvalue weighted by molar-refractivity contribution is 5.47. The molecule has 2 N–H and O–H groups in total. The summed E-state index contributed by atoms with van der Waals surface area (Å²) < 4.78 is 4.79. The van der Waals surface area contributed by atoms with E-state index >= 15 is 0 Å². The van der Waals surface area contributed by atoms with Crippen molar-refractivity contribution in [1.29, 1.82) is 0 Å². The van der Waals surface area contributed by atoms with Crippen molar-refractivity contribution in [2.24, 2.45) is 0 Å². The molecule has 6 heteroatoms. The summed E-state index contributed by atoms with van der Waals surface area (Å²) in [6.07, 6.45) is 1.56. The standard InChI is InChI=1S/C13H19N5O/c1-4-14-11-7-12(17-13(16-11)9(2)3)15-8-10-5-6-19-18-10/h5-7,9H,4,8H2,1-3H3,(H2,14,15,16,17). The van der Waals surface area contributed by atoms with Crippen LogP contribution in [0.25, 0.3) is 0 Å². The van der Waals surface area contributed by atoms with Gasteiger partial charge in [-0.3, -0.25) is 0 Å². The maximum atomic E-state index is 4.79. The molecule has 0 aromatic carbocycles. The normalized spacial score (nSPS) is 10.7. The number of nitrogens with one attached hydrogen (secondary N) is 2. The Balaban J connectivity index is 2.13. The topological polar surface area (TPSA) is 75.9 Å². The highest BCUT2D eigenvalue weighted by atomic mass is 16.5. The van der Waals surface area contributed by atoms with E-state index in [1.165, 1.54) is 0 Å². The van der Waals surface area contributed by atoms with Crippen LogP contribution in [0.2, 0.25) is 0 Å². The predicted octanol–water partition coefficient (Wildman–Crippen LogP) is 2.63. The highest BCUT2D eigenvalue weighted by Crippen LogP contribution is 2.17. The van der Waals surface area contributed by atoms with Crippen LogP contribution in [0.15, 0.2) is 22.9 Å². The number of hydrogen-bond acceptors (Lipinski definition) is 6. The van der Waals surface area contributed by atoms with Crippen molar-refractivity contribution in [3.8, 4) is 0 Å². The summed E-state index contributed by atoms with van der Waals surface area (Å²) in [5.41, 5.74) is 0.842. The molecule has 0 radical (unpaired) electrons. The second-order valence-corrected chi connectivity index (χ2v) is 4.53. The monoisotopic (exact) mass is 261 g/mol. The lowest BCUT2D eigenvalue weighted by Crippen LogP contribution is -2.09. The van der Waals surface area contributed by atoms with Crippen molar-refractivity contribution in [2.75, 3.05) is 17.2 Å². The first-order valence-corrected chi connectivity index (χ1v) is 6.45. The van der Waals surface area contributed by atoms with Crippen LogP contribution < -0.4 is 10.6 Å². The van der Waals surface area contributed by atoms with Crippen LogP contribution in [-0.4, -0.2) is 21.7 Å². The van der Waals surface area contributed by atoms with Crippen LogP contribution in [0.4, 0.5) is 11.6 Å². The fourth-order valence-corrected chi connectivity index (χ4v) is 1.60. The molecule has 0 aliphatic rings. The summed E-state index contributed by atoms with van der Waals surface area (Å²) in [7, 11) is 0. The van der Waals surface area contributed by atoms with E-state index in [1.807, 2.05) is 19.1 Å². The van der Waals surface area contributed by atoms with Crippen molar-refractivity contribution in [3.05, 3.63) is 29.9 Å². The van der Waals surface area contributed by atoms with Crippen LogP contribution in [0.5, 0.6) is 0 Å². The molecule has 0 aliphatic carbocycles. The maximum absolute atomic E-state index is 4.79. The Bertz CT molecular complexity index is 510. The lowest BCUT2D eigenvalue weighted by Gasteiger charge is -2.11. The van der Waals surface area contributed by atoms with Crippen LogP contribution in [0, 0.1) is 0 Å². The van der Waals surface area contributed by atoms with E-state index in [0.29, 0.717) is 6.54 Å². The Kier molecular flexibility index (Phi) is 4.33. The SMILES string of the molecule is CCNc1cc(NCc2ccon2)nc(C(C)C)n1. The maximum Gasteiger partial charge on any atom is 0.135 e. The molecular formula is C13H19N5O. The van der Waals surface area contributed by atoms with Gasteiger partial charge >= 0.3 is 0 Å². The molecule has 0 amide bonds. The van der Waals surface area contributed by atoms with Crippen molar-refractivity contribution < 1.29 is 4.52 Å². The second kappa shape index (κ2) is 6.17. The summed E-state index contributed by atoms with van der Waals surface area (Å²) >= 11 is 0. The van der Waals surface area contributed by atoms with Crippen LogP contribution >= 0.6 is 0 Å². The van der Waals surface area contributed by atoms with E-state index in [2.05, 4.69) is 39.6 Å². The van der Waals surface area contributed by atoms with E-state index in [0.717, 1.165) is 29.7 Å². The van der Waals surface area contributed by atoms with Crippen molar-refractivity contribution in [2.45, 2.75) is 33.2 Å². The number of nitrogens with zero attached hydrogens (tertiary/aromatic N) is 3. The summed E-state index contributed by atoms with van der Waals surface area (Å²) in [4.78, 5) is 8.97. The van der Waals surface area contributed by atoms with Gasteiger partial charge in [-0.05, 0) is 6.92 Å². The summed E-state index contributed by atoms with van der Waals surface area (Å²) in [6.45, 7) is 7.60. The highest BCUT2D eigenvalue weighted by Gasteiger charge is 2.08. The smallest absolute Gasteiger partial charge is 0.135 e. The van der Waals surface area contributed by atoms with E-state index in [4.69, 9.17) is 4.52 Å². The first-order valence-electron chi connectivity index (χ1n) is 6.45. The molecule has 0 aliphatic heterocycles. The molecule has 102 valence electrons. The molecule has 2 aromatic rings. The molecule has 0 bridgehead atoms. The Morgan fingerprint density at radius 3 is 2.53 bits per heavy atom. The van der Waals surface area contributed by atoms with Gasteiger partial charge in [0.05, 0.1) is 6.54 Å². The minimum absolute atomic E-state index is 0.284. The van der Waals surface area contributed by atoms with Gasteiger partial charge in [-0.25, -0.2) is 9.97 Å². The van der Waals surface area contributed by atoms with Gasteiger partial charge in [0.2, 0.25) is 0 Å². The molecule has 0 unspecified atom stereocenters. The molecule has 2 heterocycles. The average Bonchev–Trinajstić information content (AvgIpc) is 2.89. The van der Waals surface area contributed by atoms with E-state index in [9.17, 15) is 0 Å². The molecule has 0 atom stereocenters. The number of anilines is 2. The molecule has 0 spiro atoms. The van der Waals surface area contributed by atoms with E-state index in [-0.39, 0.29) is 5.92 Å². The molecular weight excluding hydrogens is 242 g/mol. The Labute approximate surface area is 112 Å². The van der Waals surface area contributed by atoms with Crippen LogP contribution in [0.3, 0.4) is 0 Å². The summed E-state index contributed by atoms with van der Waals surface area (Å²) in [5, 5.41) is 10.3. The first-order chi connectivity index (χ1) is 9.19. The van der Waals surface area contributed by atoms with Crippen LogP contribution in [-0.2, 0) is 6.54 Å². The summed E-state index contributed by atoms with van der Waals surface area (Å²) in [6, 6.07) is 3.72. The third kappa shape index (κ3) is 3.67. The Morgan fingerprint density at radius 1 is 1.21 bits per heavy atom. The molecule has 0 fully saturated rings. The largest absolute Gasteiger partial charge is 0.370 e. The van der Waals surface area contributed by atoms with E-state index in [1.54, 1.807) is 6.26 Å². The zero-order valence-electron chi connectivity index (χ0n) is 11.5. The molecule has 2 rings (SSSR count). The van der Waals surface area contributed by atoms with Gasteiger partial charge in [-0.2, -0.15) is 0 Å². The van der Waals surface area contributed by atoms with Gasteiger partial charge in [0, 0.05) is 24.6 Å². The molecule has 2 aromatic heterocycles. The molecule has 0 saturated heterocycles. The number of rotatable bonds is 6. The zero-order chi connectivity index (χ0) is 13.7. The first kappa shape index (κ1) is 13.3. The minimum atomic E-state index is 0.284. The quantitative estimate of drug-likeness (QED) is 0.832. The van der Waals surface area contributed by atoms with Crippen LogP contribution in [0.1, 0.15) is 38.2 Å². The average molecular weight is 261 g/mol. The number of aromatic nitrogens is 3. The molecule has 0 saturated carbocycles. The van der Waals surface area contributed by atoms with E-state index < -0.39 is 0 Å². The summed E-state index contributed by atoms with van der Waals surface area (Å²) in [5.74, 6) is 2.73. The van der Waals surface area contributed by atoms with Crippen molar-refractivity contribution >= 4 is 11.6 Å². The zero-order valence-corrected chi connectivity index (χ0v) is 11.5. The fraction of sp³-hybridized carbons (Fsp3) is 0.462. The van der Waals surface area contributed by atoms with Crippen molar-refractivity contribution in [1.82, 2.24) is 15.1 Å². The van der Waals surface area contributed by atoms with Gasteiger partial charge < -0.3 is 15.2 Å². The number of hydrogen-bond donors (Lipinski definition) is 2. The lowest BCUT2D eigenvalue weighted by molar-refractivity contribution is 0.412. The Hall–Kier alpha value is -2.11. The fourth-order valence-electron chi connectivity index (χ4n) is 1.60. The predicted molar refractivity (Wildman–Crippen MR) is 74.1 cm³/mol. The Morgan fingerprint density at radius 2 is 1.95 bits per heavy atom. The van der Waals surface area contributed by atoms with Gasteiger partial charge in [-0.1, -0.05) is 19.0 Å². The van der Waals surface area contributed by atoms with Gasteiger partial charge in [0.25, 0.3) is 0 Å².